The second kappa shape index (κ2) is 5.48. The lowest BCUT2D eigenvalue weighted by molar-refractivity contribution is -0.160. The van der Waals surface area contributed by atoms with Gasteiger partial charge in [-0.15, -0.1) is 11.8 Å². The lowest BCUT2D eigenvalue weighted by Crippen LogP contribution is -2.54. The fourth-order valence-corrected chi connectivity index (χ4v) is 3.36. The van der Waals surface area contributed by atoms with Gasteiger partial charge in [-0.2, -0.15) is 0 Å². The Morgan fingerprint density at radius 2 is 2.00 bits per heavy atom. The van der Waals surface area contributed by atoms with Gasteiger partial charge in [-0.3, -0.25) is 4.79 Å². The Kier molecular flexibility index (Phi) is 4.66. The smallest absolute Gasteiger partial charge is 0.327 e. The highest BCUT2D eigenvalue weighted by Crippen LogP contribution is 2.36. The molecule has 1 aliphatic heterocycles. The van der Waals surface area contributed by atoms with Crippen molar-refractivity contribution in [1.82, 2.24) is 4.90 Å². The minimum atomic E-state index is -0.994. The predicted octanol–water partition coefficient (Wildman–Crippen LogP) is 1.42. The fourth-order valence-electron chi connectivity index (χ4n) is 1.89. The van der Waals surface area contributed by atoms with Gasteiger partial charge in [-0.05, 0) is 19.8 Å². The molecule has 1 heterocycles. The van der Waals surface area contributed by atoms with Gasteiger partial charge >= 0.3 is 5.97 Å². The topological polar surface area (TPSA) is 66.8 Å². The van der Waals surface area contributed by atoms with Crippen LogP contribution in [0.3, 0.4) is 0 Å². The number of aliphatic carboxylic acids is 1. The average molecular weight is 275 g/mol. The Labute approximate surface area is 112 Å². The largest absolute Gasteiger partial charge is 0.480 e. The highest BCUT2D eigenvalue weighted by Gasteiger charge is 2.47. The number of carbonyl (C=O) groups excluding carboxylic acids is 1. The van der Waals surface area contributed by atoms with Gasteiger partial charge in [-0.25, -0.2) is 4.79 Å². The molecular weight excluding hydrogens is 254 g/mol. The number of hydrogen-bond acceptors (Lipinski definition) is 4. The normalized spacial score (nSPS) is 24.7. The summed E-state index contributed by atoms with van der Waals surface area (Å²) in [5.41, 5.74) is -0.994. The van der Waals surface area contributed by atoms with E-state index in [4.69, 9.17) is 4.74 Å². The Balaban J connectivity index is 3.04. The van der Waals surface area contributed by atoms with Gasteiger partial charge in [0.15, 0.2) is 0 Å². The average Bonchev–Trinajstić information content (AvgIpc) is 2.72. The van der Waals surface area contributed by atoms with Crippen LogP contribution in [-0.4, -0.2) is 51.8 Å². The van der Waals surface area contributed by atoms with E-state index in [-0.39, 0.29) is 17.2 Å². The molecule has 2 atom stereocenters. The van der Waals surface area contributed by atoms with Crippen LogP contribution >= 0.6 is 11.8 Å². The number of ether oxygens (including phenoxy) is 1. The van der Waals surface area contributed by atoms with Gasteiger partial charge in [0, 0.05) is 12.9 Å². The van der Waals surface area contributed by atoms with Crippen LogP contribution in [0, 0.1) is 5.92 Å². The minimum Gasteiger partial charge on any atom is -0.480 e. The van der Waals surface area contributed by atoms with Crippen molar-refractivity contribution in [3.05, 3.63) is 0 Å². The van der Waals surface area contributed by atoms with E-state index in [0.29, 0.717) is 5.75 Å². The molecule has 1 saturated heterocycles. The molecule has 5 nitrogen and oxygen atoms in total. The number of amides is 1. The summed E-state index contributed by atoms with van der Waals surface area (Å²) >= 11 is 1.52. The zero-order valence-electron chi connectivity index (χ0n) is 11.5. The lowest BCUT2D eigenvalue weighted by atomic mass is 10.0. The molecule has 1 rings (SSSR count). The molecule has 6 heteroatoms. The van der Waals surface area contributed by atoms with Crippen LogP contribution in [0.15, 0.2) is 0 Å². The number of carboxylic acids is 1. The highest BCUT2D eigenvalue weighted by molar-refractivity contribution is 8.00. The van der Waals surface area contributed by atoms with Crippen molar-refractivity contribution >= 4 is 23.6 Å². The Bertz CT molecular complexity index is 343. The maximum atomic E-state index is 12.5. The molecule has 1 fully saturated rings. The first kappa shape index (κ1) is 15.3. The zero-order chi connectivity index (χ0) is 14.1. The molecule has 1 amide bonds. The van der Waals surface area contributed by atoms with E-state index in [0.717, 1.165) is 0 Å². The molecule has 0 aromatic carbocycles. The maximum Gasteiger partial charge on any atom is 0.327 e. The van der Waals surface area contributed by atoms with Gasteiger partial charge in [-0.1, -0.05) is 13.8 Å². The third-order valence-electron chi connectivity index (χ3n) is 3.15. The summed E-state index contributed by atoms with van der Waals surface area (Å²) in [5, 5.41) is 9.12. The van der Waals surface area contributed by atoms with E-state index < -0.39 is 17.6 Å². The summed E-state index contributed by atoms with van der Waals surface area (Å²) in [5.74, 6) is -0.577. The van der Waals surface area contributed by atoms with Gasteiger partial charge in [0.25, 0.3) is 5.91 Å². The minimum absolute atomic E-state index is 0.104. The third kappa shape index (κ3) is 2.80. The molecular formula is C12H21NO4S. The first-order chi connectivity index (χ1) is 8.22. The van der Waals surface area contributed by atoms with Crippen molar-refractivity contribution < 1.29 is 19.4 Å². The molecule has 1 N–H and O–H groups in total. The van der Waals surface area contributed by atoms with Crippen LogP contribution in [0.1, 0.15) is 27.7 Å². The van der Waals surface area contributed by atoms with Crippen LogP contribution < -0.4 is 0 Å². The van der Waals surface area contributed by atoms with E-state index in [9.17, 15) is 14.7 Å². The molecule has 0 aliphatic carbocycles. The maximum absolute atomic E-state index is 12.5. The number of methoxy groups -OCH3 is 1. The Hall–Kier alpha value is -0.750. The SMILES string of the molecule is COC(C)(C)C(=O)N1C(C(=O)O)CSC1C(C)C. The number of thioether (sulfide) groups is 1. The molecule has 104 valence electrons. The van der Waals surface area contributed by atoms with Crippen molar-refractivity contribution in [3.8, 4) is 0 Å². The molecule has 0 radical (unpaired) electrons. The Morgan fingerprint density at radius 3 is 2.39 bits per heavy atom. The summed E-state index contributed by atoms with van der Waals surface area (Å²) in [6.07, 6.45) is 0. The summed E-state index contributed by atoms with van der Waals surface area (Å²) < 4.78 is 5.17. The molecule has 0 bridgehead atoms. The lowest BCUT2D eigenvalue weighted by Gasteiger charge is -2.35. The summed E-state index contributed by atoms with van der Waals surface area (Å²) in [7, 11) is 1.46. The van der Waals surface area contributed by atoms with Gasteiger partial charge in [0.1, 0.15) is 11.6 Å². The van der Waals surface area contributed by atoms with Crippen LogP contribution in [0.4, 0.5) is 0 Å². The number of carboxylic acid groups (broad SMARTS) is 1. The van der Waals surface area contributed by atoms with Gasteiger partial charge in [0.05, 0.1) is 5.37 Å². The van der Waals surface area contributed by atoms with Crippen molar-refractivity contribution in [2.24, 2.45) is 5.92 Å². The summed E-state index contributed by atoms with van der Waals surface area (Å²) in [6, 6.07) is -0.760. The molecule has 1 aliphatic rings. The number of hydrogen-bond donors (Lipinski definition) is 1. The molecule has 2 unspecified atom stereocenters. The zero-order valence-corrected chi connectivity index (χ0v) is 12.3. The van der Waals surface area contributed by atoms with Crippen LogP contribution in [0.2, 0.25) is 0 Å². The van der Waals surface area contributed by atoms with Crippen LogP contribution in [-0.2, 0) is 14.3 Å². The van der Waals surface area contributed by atoms with Crippen molar-refractivity contribution in [2.45, 2.75) is 44.7 Å². The van der Waals surface area contributed by atoms with E-state index in [1.165, 1.54) is 23.8 Å². The fraction of sp³-hybridized carbons (Fsp3) is 0.833. The second-order valence-corrected chi connectivity index (χ2v) is 6.40. The Morgan fingerprint density at radius 1 is 1.44 bits per heavy atom. The number of carbonyl (C=O) groups is 2. The van der Waals surface area contributed by atoms with Crippen LogP contribution in [0.25, 0.3) is 0 Å². The monoisotopic (exact) mass is 275 g/mol. The standard InChI is InChI=1S/C12H21NO4S/c1-7(2)9-13(8(6-18-9)10(14)15)11(16)12(3,4)17-5/h7-9H,6H2,1-5H3,(H,14,15). The summed E-state index contributed by atoms with van der Waals surface area (Å²) in [4.78, 5) is 25.2. The predicted molar refractivity (Wildman–Crippen MR) is 70.4 cm³/mol. The molecule has 0 saturated carbocycles. The van der Waals surface area contributed by atoms with Crippen molar-refractivity contribution in [3.63, 3.8) is 0 Å². The van der Waals surface area contributed by atoms with E-state index in [1.807, 2.05) is 13.8 Å². The molecule has 0 aromatic heterocycles. The summed E-state index contributed by atoms with van der Waals surface area (Å²) in [6.45, 7) is 7.30. The van der Waals surface area contributed by atoms with E-state index >= 15 is 0 Å². The first-order valence-electron chi connectivity index (χ1n) is 5.94. The number of rotatable bonds is 4. The van der Waals surface area contributed by atoms with Gasteiger partial charge < -0.3 is 14.7 Å². The van der Waals surface area contributed by atoms with Crippen molar-refractivity contribution in [1.29, 1.82) is 0 Å². The second-order valence-electron chi connectivity index (χ2n) is 5.25. The third-order valence-corrected chi connectivity index (χ3v) is 4.77. The first-order valence-corrected chi connectivity index (χ1v) is 6.99. The highest BCUT2D eigenvalue weighted by atomic mass is 32.2. The van der Waals surface area contributed by atoms with Crippen molar-refractivity contribution in [2.75, 3.05) is 12.9 Å². The van der Waals surface area contributed by atoms with E-state index in [1.54, 1.807) is 13.8 Å². The quantitative estimate of drug-likeness (QED) is 0.840. The molecule has 0 spiro atoms. The molecule has 0 aromatic rings. The number of nitrogens with zero attached hydrogens (tertiary/aromatic N) is 1. The molecule has 18 heavy (non-hydrogen) atoms. The van der Waals surface area contributed by atoms with E-state index in [2.05, 4.69) is 0 Å². The van der Waals surface area contributed by atoms with Crippen LogP contribution in [0.5, 0.6) is 0 Å². The van der Waals surface area contributed by atoms with Gasteiger partial charge in [0.2, 0.25) is 0 Å².